The van der Waals surface area contributed by atoms with Crippen molar-refractivity contribution < 1.29 is 4.79 Å². The second-order valence-electron chi connectivity index (χ2n) is 6.41. The largest absolute Gasteiger partial charge is 0.335 e. The van der Waals surface area contributed by atoms with Gasteiger partial charge in [0.15, 0.2) is 0 Å². The molecule has 1 aromatic rings. The average Bonchev–Trinajstić information content (AvgIpc) is 2.92. The van der Waals surface area contributed by atoms with E-state index in [9.17, 15) is 4.79 Å². The maximum absolute atomic E-state index is 12.1. The van der Waals surface area contributed by atoms with Gasteiger partial charge in [-0.2, -0.15) is 0 Å². The normalized spacial score (nSPS) is 17.8. The molecule has 0 heterocycles. The van der Waals surface area contributed by atoms with Crippen LogP contribution in [0.25, 0.3) is 0 Å². The molecule has 1 unspecified atom stereocenters. The maximum atomic E-state index is 12.1. The Morgan fingerprint density at radius 2 is 1.80 bits per heavy atom. The van der Waals surface area contributed by atoms with E-state index >= 15 is 0 Å². The molecule has 1 aliphatic carbocycles. The minimum Gasteiger partial charge on any atom is -0.335 e. The van der Waals surface area contributed by atoms with Crippen LogP contribution in [0, 0.1) is 0 Å². The molecule has 110 valence electrons. The summed E-state index contributed by atoms with van der Waals surface area (Å²) in [5.41, 5.74) is 1.16. The quantitative estimate of drug-likeness (QED) is 0.865. The van der Waals surface area contributed by atoms with E-state index in [2.05, 4.69) is 43.5 Å². The van der Waals surface area contributed by atoms with Gasteiger partial charge in [-0.15, -0.1) is 0 Å². The zero-order valence-electron chi connectivity index (χ0n) is 12.8. The Hall–Kier alpha value is -1.51. The summed E-state index contributed by atoms with van der Waals surface area (Å²) in [4.78, 5) is 12.1. The lowest BCUT2D eigenvalue weighted by molar-refractivity contribution is 0.227. The van der Waals surface area contributed by atoms with Gasteiger partial charge in [-0.05, 0) is 25.3 Å². The molecule has 0 bridgehead atoms. The lowest BCUT2D eigenvalue weighted by Crippen LogP contribution is -2.50. The Labute approximate surface area is 122 Å². The zero-order chi connectivity index (χ0) is 14.6. The molecule has 1 atom stereocenters. The van der Waals surface area contributed by atoms with Crippen LogP contribution in [0.3, 0.4) is 0 Å². The van der Waals surface area contributed by atoms with E-state index in [0.29, 0.717) is 6.04 Å². The summed E-state index contributed by atoms with van der Waals surface area (Å²) in [5, 5.41) is 6.18. The van der Waals surface area contributed by atoms with Gasteiger partial charge in [-0.3, -0.25) is 0 Å². The maximum Gasteiger partial charge on any atom is 0.315 e. The first-order valence-electron chi connectivity index (χ1n) is 7.62. The fourth-order valence-electron chi connectivity index (χ4n) is 2.79. The molecule has 1 aromatic carbocycles. The molecular weight excluding hydrogens is 248 g/mol. The van der Waals surface area contributed by atoms with Crippen LogP contribution in [0.5, 0.6) is 0 Å². The van der Waals surface area contributed by atoms with E-state index in [4.69, 9.17) is 0 Å². The van der Waals surface area contributed by atoms with Crippen LogP contribution in [-0.4, -0.2) is 18.1 Å². The monoisotopic (exact) mass is 274 g/mol. The van der Waals surface area contributed by atoms with Crippen molar-refractivity contribution in [2.75, 3.05) is 0 Å². The first-order valence-corrected chi connectivity index (χ1v) is 7.62. The van der Waals surface area contributed by atoms with Crippen molar-refractivity contribution in [2.45, 2.75) is 64.0 Å². The van der Waals surface area contributed by atoms with Crippen molar-refractivity contribution in [1.82, 2.24) is 10.6 Å². The molecule has 1 fully saturated rings. The fraction of sp³-hybridized carbons (Fsp3) is 0.588. The molecule has 1 saturated carbocycles. The third-order valence-corrected chi connectivity index (χ3v) is 4.64. The van der Waals surface area contributed by atoms with Gasteiger partial charge in [0, 0.05) is 17.5 Å². The van der Waals surface area contributed by atoms with Gasteiger partial charge < -0.3 is 10.6 Å². The van der Waals surface area contributed by atoms with Crippen LogP contribution in [0.4, 0.5) is 4.79 Å². The minimum atomic E-state index is -0.0890. The van der Waals surface area contributed by atoms with Gasteiger partial charge in [0.25, 0.3) is 0 Å². The highest BCUT2D eigenvalue weighted by Gasteiger charge is 2.29. The van der Waals surface area contributed by atoms with Crippen molar-refractivity contribution in [2.24, 2.45) is 0 Å². The number of amides is 2. The van der Waals surface area contributed by atoms with Crippen molar-refractivity contribution >= 4 is 6.03 Å². The zero-order valence-corrected chi connectivity index (χ0v) is 12.8. The number of hydrogen-bond acceptors (Lipinski definition) is 1. The Balaban J connectivity index is 1.92. The molecule has 0 radical (unpaired) electrons. The van der Waals surface area contributed by atoms with Crippen molar-refractivity contribution in [3.05, 3.63) is 35.9 Å². The standard InChI is InChI=1S/C17H26N2O/c1-13(17(2,3)14-9-5-4-6-10-14)18-16(20)19-15-11-7-8-12-15/h4-6,9-10,13,15H,7-8,11-12H2,1-3H3,(H2,18,19,20). The van der Waals surface area contributed by atoms with E-state index in [-0.39, 0.29) is 17.5 Å². The molecule has 3 heteroatoms. The van der Waals surface area contributed by atoms with Gasteiger partial charge in [-0.1, -0.05) is 57.0 Å². The van der Waals surface area contributed by atoms with E-state index in [1.807, 2.05) is 18.2 Å². The highest BCUT2D eigenvalue weighted by atomic mass is 16.2. The number of carbonyl (C=O) groups is 1. The number of carbonyl (C=O) groups excluding carboxylic acids is 1. The first-order chi connectivity index (χ1) is 9.50. The SMILES string of the molecule is CC(NC(=O)NC1CCCC1)C(C)(C)c1ccccc1. The summed E-state index contributed by atoms with van der Waals surface area (Å²) in [7, 11) is 0. The summed E-state index contributed by atoms with van der Waals surface area (Å²) in [6, 6.07) is 10.7. The van der Waals surface area contributed by atoms with E-state index < -0.39 is 0 Å². The van der Waals surface area contributed by atoms with Crippen LogP contribution in [0.15, 0.2) is 30.3 Å². The van der Waals surface area contributed by atoms with Crippen LogP contribution in [0.1, 0.15) is 52.0 Å². The Kier molecular flexibility index (Phi) is 4.69. The number of nitrogens with one attached hydrogen (secondary N) is 2. The molecule has 0 aliphatic heterocycles. The fourth-order valence-corrected chi connectivity index (χ4v) is 2.79. The third-order valence-electron chi connectivity index (χ3n) is 4.64. The van der Waals surface area contributed by atoms with Crippen LogP contribution >= 0.6 is 0 Å². The van der Waals surface area contributed by atoms with Gasteiger partial charge >= 0.3 is 6.03 Å². The summed E-state index contributed by atoms with van der Waals surface area (Å²) in [6.07, 6.45) is 4.69. The van der Waals surface area contributed by atoms with Crippen LogP contribution < -0.4 is 10.6 Å². The number of urea groups is 1. The van der Waals surface area contributed by atoms with Gasteiger partial charge in [0.1, 0.15) is 0 Å². The van der Waals surface area contributed by atoms with E-state index in [1.165, 1.54) is 18.4 Å². The van der Waals surface area contributed by atoms with Gasteiger partial charge in [0.05, 0.1) is 0 Å². The molecule has 0 aromatic heterocycles. The third kappa shape index (κ3) is 3.53. The van der Waals surface area contributed by atoms with Crippen molar-refractivity contribution in [3.63, 3.8) is 0 Å². The second kappa shape index (κ2) is 6.29. The highest BCUT2D eigenvalue weighted by molar-refractivity contribution is 5.74. The predicted molar refractivity (Wildman–Crippen MR) is 82.9 cm³/mol. The number of rotatable bonds is 4. The van der Waals surface area contributed by atoms with E-state index in [1.54, 1.807) is 0 Å². The lowest BCUT2D eigenvalue weighted by atomic mass is 9.78. The molecule has 2 rings (SSSR count). The molecule has 3 nitrogen and oxygen atoms in total. The second-order valence-corrected chi connectivity index (χ2v) is 6.41. The Morgan fingerprint density at radius 1 is 1.20 bits per heavy atom. The highest BCUT2D eigenvalue weighted by Crippen LogP contribution is 2.26. The minimum absolute atomic E-state index is 0.0339. The topological polar surface area (TPSA) is 41.1 Å². The summed E-state index contributed by atoms with van der Waals surface area (Å²) < 4.78 is 0. The Morgan fingerprint density at radius 3 is 2.40 bits per heavy atom. The predicted octanol–water partition coefficient (Wildman–Crippen LogP) is 3.59. The molecule has 2 amide bonds. The van der Waals surface area contributed by atoms with E-state index in [0.717, 1.165) is 12.8 Å². The summed E-state index contributed by atoms with van der Waals surface area (Å²) in [5.74, 6) is 0. The number of hydrogen-bond donors (Lipinski definition) is 2. The van der Waals surface area contributed by atoms with Gasteiger partial charge in [0.2, 0.25) is 0 Å². The van der Waals surface area contributed by atoms with Crippen LogP contribution in [-0.2, 0) is 5.41 Å². The molecule has 0 spiro atoms. The van der Waals surface area contributed by atoms with Crippen LogP contribution in [0.2, 0.25) is 0 Å². The smallest absolute Gasteiger partial charge is 0.315 e. The first kappa shape index (κ1) is 14.9. The molecule has 0 saturated heterocycles. The average molecular weight is 274 g/mol. The summed E-state index contributed by atoms with van der Waals surface area (Å²) in [6.45, 7) is 6.41. The van der Waals surface area contributed by atoms with Gasteiger partial charge in [-0.25, -0.2) is 4.79 Å². The number of benzene rings is 1. The molecule has 2 N–H and O–H groups in total. The molecular formula is C17H26N2O. The molecule has 1 aliphatic rings. The summed E-state index contributed by atoms with van der Waals surface area (Å²) >= 11 is 0. The molecule has 20 heavy (non-hydrogen) atoms. The van der Waals surface area contributed by atoms with Crippen molar-refractivity contribution in [1.29, 1.82) is 0 Å². The Bertz CT molecular complexity index is 436. The van der Waals surface area contributed by atoms with Crippen molar-refractivity contribution in [3.8, 4) is 0 Å². The lowest BCUT2D eigenvalue weighted by Gasteiger charge is -2.33.